The number of para-hydroxylation sites is 2. The Balaban J connectivity index is 2.35. The van der Waals surface area contributed by atoms with Crippen molar-refractivity contribution in [2.24, 2.45) is 5.73 Å². The molecule has 1 amide bonds. The summed E-state index contributed by atoms with van der Waals surface area (Å²) in [6.07, 6.45) is 0.471. The normalized spacial score (nSPS) is 11.2. The van der Waals surface area contributed by atoms with Crippen LogP contribution in [-0.2, 0) is 4.79 Å². The highest BCUT2D eigenvalue weighted by molar-refractivity contribution is 7.99. The van der Waals surface area contributed by atoms with Gasteiger partial charge < -0.3 is 15.8 Å². The molecule has 19 heavy (non-hydrogen) atoms. The third-order valence-electron chi connectivity index (χ3n) is 2.33. The zero-order valence-electron chi connectivity index (χ0n) is 11.7. The van der Waals surface area contributed by atoms with Crippen LogP contribution >= 0.6 is 11.8 Å². The Morgan fingerprint density at radius 3 is 2.74 bits per heavy atom. The number of ether oxygens (including phenoxy) is 1. The molecule has 0 heterocycles. The van der Waals surface area contributed by atoms with Crippen LogP contribution in [0.5, 0.6) is 5.75 Å². The largest absolute Gasteiger partial charge is 0.495 e. The van der Waals surface area contributed by atoms with Crippen LogP contribution in [0, 0.1) is 0 Å². The zero-order chi connectivity index (χ0) is 14.3. The summed E-state index contributed by atoms with van der Waals surface area (Å²) >= 11 is 1.69. The monoisotopic (exact) mass is 282 g/mol. The van der Waals surface area contributed by atoms with Crippen LogP contribution in [0.4, 0.5) is 5.69 Å². The van der Waals surface area contributed by atoms with Crippen LogP contribution in [0.2, 0.25) is 0 Å². The van der Waals surface area contributed by atoms with Crippen molar-refractivity contribution in [1.82, 2.24) is 0 Å². The maximum absolute atomic E-state index is 11.8. The first-order valence-corrected chi connectivity index (χ1v) is 7.37. The van der Waals surface area contributed by atoms with Gasteiger partial charge in [0.2, 0.25) is 5.91 Å². The highest BCUT2D eigenvalue weighted by Crippen LogP contribution is 2.23. The Kier molecular flexibility index (Phi) is 6.18. The van der Waals surface area contributed by atoms with Crippen LogP contribution in [0.25, 0.3) is 0 Å². The number of thioether (sulfide) groups is 1. The van der Waals surface area contributed by atoms with Gasteiger partial charge in [-0.3, -0.25) is 4.79 Å². The standard InChI is InChI=1S/C14H22N2O2S/c1-14(2,15)10-19-9-8-13(17)16-11-6-4-5-7-12(11)18-3/h4-7H,8-10,15H2,1-3H3,(H,16,17). The quantitative estimate of drug-likeness (QED) is 0.754. The Morgan fingerprint density at radius 1 is 1.42 bits per heavy atom. The molecule has 3 N–H and O–H groups in total. The first kappa shape index (κ1) is 15.9. The highest BCUT2D eigenvalue weighted by atomic mass is 32.2. The Hall–Kier alpha value is -1.20. The van der Waals surface area contributed by atoms with E-state index in [1.807, 2.05) is 38.1 Å². The van der Waals surface area contributed by atoms with E-state index in [0.29, 0.717) is 17.9 Å². The highest BCUT2D eigenvalue weighted by Gasteiger charge is 2.11. The number of rotatable bonds is 7. The molecule has 0 aliphatic heterocycles. The molecule has 1 aromatic carbocycles. The number of carbonyl (C=O) groups excluding carboxylic acids is 1. The fraction of sp³-hybridized carbons (Fsp3) is 0.500. The number of carbonyl (C=O) groups is 1. The second kappa shape index (κ2) is 7.40. The summed E-state index contributed by atoms with van der Waals surface area (Å²) in [7, 11) is 1.59. The van der Waals surface area contributed by atoms with Crippen molar-refractivity contribution in [3.05, 3.63) is 24.3 Å². The molecule has 0 aromatic heterocycles. The maximum atomic E-state index is 11.8. The van der Waals surface area contributed by atoms with Gasteiger partial charge in [-0.15, -0.1) is 0 Å². The number of benzene rings is 1. The van der Waals surface area contributed by atoms with Gasteiger partial charge in [0.25, 0.3) is 0 Å². The van der Waals surface area contributed by atoms with E-state index in [2.05, 4.69) is 5.32 Å². The van der Waals surface area contributed by atoms with Gasteiger partial charge in [0.05, 0.1) is 12.8 Å². The third-order valence-corrected chi connectivity index (χ3v) is 3.77. The van der Waals surface area contributed by atoms with Crippen LogP contribution < -0.4 is 15.8 Å². The smallest absolute Gasteiger partial charge is 0.225 e. The van der Waals surface area contributed by atoms with Gasteiger partial charge in [0, 0.05) is 23.5 Å². The first-order valence-electron chi connectivity index (χ1n) is 6.22. The number of hydrogen-bond donors (Lipinski definition) is 2. The molecular formula is C14H22N2O2S. The fourth-order valence-corrected chi connectivity index (χ4v) is 2.46. The molecule has 0 unspecified atom stereocenters. The lowest BCUT2D eigenvalue weighted by Crippen LogP contribution is -2.34. The molecule has 106 valence electrons. The summed E-state index contributed by atoms with van der Waals surface area (Å²) in [5, 5.41) is 2.85. The molecule has 0 fully saturated rings. The minimum absolute atomic E-state index is 0.00757. The van der Waals surface area contributed by atoms with E-state index in [1.165, 1.54) is 0 Å². The van der Waals surface area contributed by atoms with Crippen LogP contribution in [0.3, 0.4) is 0 Å². The lowest BCUT2D eigenvalue weighted by Gasteiger charge is -2.17. The van der Waals surface area contributed by atoms with Crippen molar-refractivity contribution < 1.29 is 9.53 Å². The molecule has 0 saturated heterocycles. The average molecular weight is 282 g/mol. The molecule has 1 rings (SSSR count). The molecule has 5 heteroatoms. The number of hydrogen-bond acceptors (Lipinski definition) is 4. The van der Waals surface area contributed by atoms with Gasteiger partial charge in [-0.2, -0.15) is 11.8 Å². The SMILES string of the molecule is COc1ccccc1NC(=O)CCSCC(C)(C)N. The predicted octanol–water partition coefficient (Wildman–Crippen LogP) is 2.49. The molecule has 1 aromatic rings. The topological polar surface area (TPSA) is 64.3 Å². The molecule has 0 aliphatic carbocycles. The number of anilines is 1. The fourth-order valence-electron chi connectivity index (χ4n) is 1.46. The molecular weight excluding hydrogens is 260 g/mol. The minimum Gasteiger partial charge on any atom is -0.495 e. The van der Waals surface area contributed by atoms with Crippen LogP contribution in [0.15, 0.2) is 24.3 Å². The van der Waals surface area contributed by atoms with Gasteiger partial charge in [-0.25, -0.2) is 0 Å². The molecule has 0 aliphatic rings. The summed E-state index contributed by atoms with van der Waals surface area (Å²) < 4.78 is 5.18. The van der Waals surface area contributed by atoms with Gasteiger partial charge in [-0.1, -0.05) is 12.1 Å². The molecule has 0 radical (unpaired) electrons. The van der Waals surface area contributed by atoms with E-state index in [1.54, 1.807) is 18.9 Å². The van der Waals surface area contributed by atoms with Gasteiger partial charge in [-0.05, 0) is 26.0 Å². The summed E-state index contributed by atoms with van der Waals surface area (Å²) in [6, 6.07) is 7.38. The van der Waals surface area contributed by atoms with Gasteiger partial charge >= 0.3 is 0 Å². The number of nitrogens with one attached hydrogen (secondary N) is 1. The van der Waals surface area contributed by atoms with Gasteiger partial charge in [0.1, 0.15) is 5.75 Å². The van der Waals surface area contributed by atoms with E-state index in [9.17, 15) is 4.79 Å². The molecule has 4 nitrogen and oxygen atoms in total. The summed E-state index contributed by atoms with van der Waals surface area (Å²) in [6.45, 7) is 3.96. The number of nitrogens with two attached hydrogens (primary N) is 1. The average Bonchev–Trinajstić information content (AvgIpc) is 2.34. The predicted molar refractivity (Wildman–Crippen MR) is 81.8 cm³/mol. The minimum atomic E-state index is -0.191. The Labute approximate surface area is 119 Å². The second-order valence-corrected chi connectivity index (χ2v) is 6.14. The van der Waals surface area contributed by atoms with Crippen molar-refractivity contribution in [2.75, 3.05) is 23.9 Å². The second-order valence-electron chi connectivity index (χ2n) is 5.04. The Bertz CT molecular complexity index is 416. The van der Waals surface area contributed by atoms with Crippen molar-refractivity contribution in [2.45, 2.75) is 25.8 Å². The van der Waals surface area contributed by atoms with E-state index in [0.717, 1.165) is 11.5 Å². The van der Waals surface area contributed by atoms with Crippen molar-refractivity contribution in [3.8, 4) is 5.75 Å². The molecule has 0 spiro atoms. The van der Waals surface area contributed by atoms with Gasteiger partial charge in [0.15, 0.2) is 0 Å². The lowest BCUT2D eigenvalue weighted by atomic mass is 10.1. The third kappa shape index (κ3) is 6.50. The summed E-state index contributed by atoms with van der Waals surface area (Å²) in [4.78, 5) is 11.8. The first-order chi connectivity index (χ1) is 8.92. The van der Waals surface area contributed by atoms with E-state index in [-0.39, 0.29) is 11.4 Å². The number of amides is 1. The molecule has 0 bridgehead atoms. The number of methoxy groups -OCH3 is 1. The van der Waals surface area contributed by atoms with Crippen molar-refractivity contribution in [1.29, 1.82) is 0 Å². The summed E-state index contributed by atoms with van der Waals surface area (Å²) in [5.74, 6) is 2.27. The van der Waals surface area contributed by atoms with Crippen LogP contribution in [-0.4, -0.2) is 30.1 Å². The molecule has 0 saturated carbocycles. The Morgan fingerprint density at radius 2 is 2.11 bits per heavy atom. The summed E-state index contributed by atoms with van der Waals surface area (Å²) in [5.41, 5.74) is 6.39. The molecule has 0 atom stereocenters. The van der Waals surface area contributed by atoms with Crippen molar-refractivity contribution in [3.63, 3.8) is 0 Å². The maximum Gasteiger partial charge on any atom is 0.225 e. The lowest BCUT2D eigenvalue weighted by molar-refractivity contribution is -0.115. The van der Waals surface area contributed by atoms with E-state index >= 15 is 0 Å². The van der Waals surface area contributed by atoms with E-state index < -0.39 is 0 Å². The van der Waals surface area contributed by atoms with Crippen molar-refractivity contribution >= 4 is 23.4 Å². The van der Waals surface area contributed by atoms with Crippen LogP contribution in [0.1, 0.15) is 20.3 Å². The zero-order valence-corrected chi connectivity index (χ0v) is 12.5. The van der Waals surface area contributed by atoms with E-state index in [4.69, 9.17) is 10.5 Å².